The highest BCUT2D eigenvalue weighted by Crippen LogP contribution is 2.27. The Hall–Kier alpha value is -1.43. The molecule has 0 radical (unpaired) electrons. The molecular formula is C18H27N3O2. The average molecular weight is 317 g/mol. The average Bonchev–Trinajstić information content (AvgIpc) is 3.22. The summed E-state index contributed by atoms with van der Waals surface area (Å²) in [7, 11) is 0. The van der Waals surface area contributed by atoms with Crippen molar-refractivity contribution in [3.05, 3.63) is 35.9 Å². The number of likely N-dealkylation sites (tertiary alicyclic amines) is 1. The van der Waals surface area contributed by atoms with Crippen molar-refractivity contribution in [3.63, 3.8) is 0 Å². The maximum absolute atomic E-state index is 12.4. The molecule has 0 aromatic heterocycles. The lowest BCUT2D eigenvalue weighted by Gasteiger charge is -2.24. The van der Waals surface area contributed by atoms with E-state index in [1.54, 1.807) is 0 Å². The van der Waals surface area contributed by atoms with Gasteiger partial charge in [-0.25, -0.2) is 0 Å². The standard InChI is InChI=1S/C18H27N3O2/c1-13(18(22)20-10-15-8-5-9-23-15)21-11-16(17(19)12-21)14-6-3-2-4-7-14/h2-4,6-7,13,15-17H,5,8-12,19H2,1H3,(H,20,22)/t13?,15?,16-,17+/m0/s1. The number of carbonyl (C=O) groups is 1. The molecule has 0 bridgehead atoms. The van der Waals surface area contributed by atoms with E-state index in [0.29, 0.717) is 12.5 Å². The zero-order chi connectivity index (χ0) is 16.2. The van der Waals surface area contributed by atoms with E-state index in [1.807, 2.05) is 25.1 Å². The fourth-order valence-corrected chi connectivity index (χ4v) is 3.56. The van der Waals surface area contributed by atoms with Crippen LogP contribution in [0.1, 0.15) is 31.2 Å². The largest absolute Gasteiger partial charge is 0.376 e. The Morgan fingerprint density at radius 3 is 2.87 bits per heavy atom. The van der Waals surface area contributed by atoms with Crippen LogP contribution in [0, 0.1) is 0 Å². The lowest BCUT2D eigenvalue weighted by atomic mass is 9.95. The van der Waals surface area contributed by atoms with E-state index in [-0.39, 0.29) is 24.1 Å². The van der Waals surface area contributed by atoms with Gasteiger partial charge in [-0.05, 0) is 25.3 Å². The van der Waals surface area contributed by atoms with Crippen molar-refractivity contribution in [1.29, 1.82) is 0 Å². The van der Waals surface area contributed by atoms with Gasteiger partial charge in [0, 0.05) is 38.2 Å². The molecule has 3 N–H and O–H groups in total. The molecule has 2 unspecified atom stereocenters. The van der Waals surface area contributed by atoms with Gasteiger partial charge in [0.25, 0.3) is 0 Å². The third kappa shape index (κ3) is 3.91. The van der Waals surface area contributed by atoms with Gasteiger partial charge in [0.1, 0.15) is 0 Å². The van der Waals surface area contributed by atoms with E-state index in [2.05, 4.69) is 22.3 Å². The topological polar surface area (TPSA) is 67.6 Å². The molecule has 2 heterocycles. The summed E-state index contributed by atoms with van der Waals surface area (Å²) in [4.78, 5) is 14.6. The van der Waals surface area contributed by atoms with Gasteiger partial charge in [-0.2, -0.15) is 0 Å². The summed E-state index contributed by atoms with van der Waals surface area (Å²) in [5, 5.41) is 3.02. The molecule has 2 fully saturated rings. The molecule has 0 spiro atoms. The van der Waals surface area contributed by atoms with Crippen LogP contribution < -0.4 is 11.1 Å². The Bertz CT molecular complexity index is 516. The van der Waals surface area contributed by atoms with E-state index >= 15 is 0 Å². The molecule has 126 valence electrons. The van der Waals surface area contributed by atoms with Crippen LogP contribution in [0.3, 0.4) is 0 Å². The minimum atomic E-state index is -0.156. The molecule has 1 aromatic rings. The lowest BCUT2D eigenvalue weighted by Crippen LogP contribution is -2.46. The number of nitrogens with two attached hydrogens (primary N) is 1. The van der Waals surface area contributed by atoms with E-state index in [0.717, 1.165) is 32.5 Å². The highest BCUT2D eigenvalue weighted by molar-refractivity contribution is 5.81. The molecule has 1 aromatic carbocycles. The van der Waals surface area contributed by atoms with Crippen LogP contribution in [-0.2, 0) is 9.53 Å². The second-order valence-electron chi connectivity index (χ2n) is 6.69. The Kier molecular flexibility index (Phi) is 5.30. The smallest absolute Gasteiger partial charge is 0.237 e. The fourth-order valence-electron chi connectivity index (χ4n) is 3.56. The Morgan fingerprint density at radius 1 is 1.39 bits per heavy atom. The maximum atomic E-state index is 12.4. The van der Waals surface area contributed by atoms with Gasteiger partial charge in [-0.3, -0.25) is 9.69 Å². The van der Waals surface area contributed by atoms with Crippen LogP contribution in [0.25, 0.3) is 0 Å². The van der Waals surface area contributed by atoms with Crippen molar-refractivity contribution in [3.8, 4) is 0 Å². The first-order valence-electron chi connectivity index (χ1n) is 8.59. The molecule has 23 heavy (non-hydrogen) atoms. The SMILES string of the molecule is CC(C(=O)NCC1CCCO1)N1C[C@@H](N)[C@H](c2ccccc2)C1. The number of carbonyl (C=O) groups excluding carboxylic acids is 1. The zero-order valence-corrected chi connectivity index (χ0v) is 13.8. The maximum Gasteiger partial charge on any atom is 0.237 e. The molecule has 4 atom stereocenters. The molecular weight excluding hydrogens is 290 g/mol. The normalized spacial score (nSPS) is 29.6. The fraction of sp³-hybridized carbons (Fsp3) is 0.611. The summed E-state index contributed by atoms with van der Waals surface area (Å²) in [6.45, 7) is 4.99. The summed E-state index contributed by atoms with van der Waals surface area (Å²) in [6.07, 6.45) is 2.32. The lowest BCUT2D eigenvalue weighted by molar-refractivity contribution is -0.126. The minimum absolute atomic E-state index is 0.0708. The van der Waals surface area contributed by atoms with Crippen molar-refractivity contribution in [2.75, 3.05) is 26.2 Å². The molecule has 0 saturated carbocycles. The number of nitrogens with one attached hydrogen (secondary N) is 1. The van der Waals surface area contributed by atoms with Crippen molar-refractivity contribution in [1.82, 2.24) is 10.2 Å². The molecule has 3 rings (SSSR count). The Morgan fingerprint density at radius 2 is 2.17 bits per heavy atom. The van der Waals surface area contributed by atoms with E-state index < -0.39 is 0 Å². The first-order valence-corrected chi connectivity index (χ1v) is 8.59. The van der Waals surface area contributed by atoms with Crippen LogP contribution in [0.4, 0.5) is 0 Å². The van der Waals surface area contributed by atoms with Crippen molar-refractivity contribution in [2.24, 2.45) is 5.73 Å². The van der Waals surface area contributed by atoms with Gasteiger partial charge < -0.3 is 15.8 Å². The molecule has 5 nitrogen and oxygen atoms in total. The second kappa shape index (κ2) is 7.43. The first-order chi connectivity index (χ1) is 11.1. The summed E-state index contributed by atoms with van der Waals surface area (Å²) in [5.41, 5.74) is 7.58. The third-order valence-corrected chi connectivity index (χ3v) is 5.08. The van der Waals surface area contributed by atoms with Gasteiger partial charge in [0.15, 0.2) is 0 Å². The highest BCUT2D eigenvalue weighted by atomic mass is 16.5. The molecule has 2 aliphatic heterocycles. The monoisotopic (exact) mass is 317 g/mol. The van der Waals surface area contributed by atoms with Crippen molar-refractivity contribution >= 4 is 5.91 Å². The Labute approximate surface area is 138 Å². The predicted octanol–water partition coefficient (Wildman–Crippen LogP) is 1.10. The number of hydrogen-bond acceptors (Lipinski definition) is 4. The molecule has 0 aliphatic carbocycles. The van der Waals surface area contributed by atoms with Gasteiger partial charge in [0.05, 0.1) is 12.1 Å². The van der Waals surface area contributed by atoms with E-state index in [1.165, 1.54) is 5.56 Å². The van der Waals surface area contributed by atoms with Crippen molar-refractivity contribution in [2.45, 2.75) is 43.9 Å². The number of nitrogens with zero attached hydrogens (tertiary/aromatic N) is 1. The highest BCUT2D eigenvalue weighted by Gasteiger charge is 2.35. The van der Waals surface area contributed by atoms with Crippen LogP contribution in [0.15, 0.2) is 30.3 Å². The van der Waals surface area contributed by atoms with Gasteiger partial charge in [0.2, 0.25) is 5.91 Å². The first kappa shape index (κ1) is 16.4. The molecule has 1 amide bonds. The van der Waals surface area contributed by atoms with Crippen LogP contribution in [0.2, 0.25) is 0 Å². The molecule has 2 aliphatic rings. The summed E-state index contributed by atoms with van der Waals surface area (Å²) in [6, 6.07) is 10.3. The number of benzene rings is 1. The van der Waals surface area contributed by atoms with Crippen molar-refractivity contribution < 1.29 is 9.53 Å². The summed E-state index contributed by atoms with van der Waals surface area (Å²) < 4.78 is 5.55. The number of amides is 1. The Balaban J connectivity index is 1.53. The molecule has 5 heteroatoms. The minimum Gasteiger partial charge on any atom is -0.376 e. The number of hydrogen-bond donors (Lipinski definition) is 2. The van der Waals surface area contributed by atoms with Gasteiger partial charge in [-0.1, -0.05) is 30.3 Å². The molecule has 2 saturated heterocycles. The predicted molar refractivity (Wildman–Crippen MR) is 90.2 cm³/mol. The van der Waals surface area contributed by atoms with Crippen LogP contribution in [-0.4, -0.2) is 55.2 Å². The van der Waals surface area contributed by atoms with Gasteiger partial charge in [-0.15, -0.1) is 0 Å². The quantitative estimate of drug-likeness (QED) is 0.853. The van der Waals surface area contributed by atoms with E-state index in [4.69, 9.17) is 10.5 Å². The number of ether oxygens (including phenoxy) is 1. The third-order valence-electron chi connectivity index (χ3n) is 5.08. The summed E-state index contributed by atoms with van der Waals surface area (Å²) >= 11 is 0. The van der Waals surface area contributed by atoms with Crippen LogP contribution in [0.5, 0.6) is 0 Å². The van der Waals surface area contributed by atoms with E-state index in [9.17, 15) is 4.79 Å². The second-order valence-corrected chi connectivity index (χ2v) is 6.69. The van der Waals surface area contributed by atoms with Gasteiger partial charge >= 0.3 is 0 Å². The van der Waals surface area contributed by atoms with Crippen LogP contribution >= 0.6 is 0 Å². The zero-order valence-electron chi connectivity index (χ0n) is 13.8. The number of rotatable bonds is 5. The summed E-state index contributed by atoms with van der Waals surface area (Å²) in [5.74, 6) is 0.367.